The number of benzene rings is 2. The standard InChI is InChI=1S/C46H53N13O4/c1-52(2)44(61)38-24-31-25-48-45(50-42(31)59(38)32-8-5-6-9-32)49-39-17-14-33(26-47-39)54-20-22-55(23-21-54)34-28-56(29-34)37-11-7-10-36-41(37)53(3)51-43(36)57-19-18-40(60)58(46(57)62)27-30-12-15-35(63-4)16-13-30/h7,10-17,24-26,32,34H,5-6,8-9,18-23,27-29H2,1-4H3,(H,47,48,49,50). The highest BCUT2D eigenvalue weighted by molar-refractivity contribution is 6.10. The van der Waals surface area contributed by atoms with Gasteiger partial charge >= 0.3 is 6.03 Å². The molecular formula is C46H53N13O4. The lowest BCUT2D eigenvalue weighted by Crippen LogP contribution is -2.63. The van der Waals surface area contributed by atoms with E-state index in [1.165, 1.54) is 4.90 Å². The zero-order valence-corrected chi connectivity index (χ0v) is 36.3. The van der Waals surface area contributed by atoms with E-state index in [2.05, 4.69) is 41.7 Å². The molecule has 2 aromatic carbocycles. The number of ether oxygens (including phenoxy) is 1. The molecule has 1 aliphatic carbocycles. The molecule has 4 amide bonds. The van der Waals surface area contributed by atoms with Gasteiger partial charge in [0.1, 0.15) is 22.9 Å². The number of aromatic nitrogens is 6. The zero-order chi connectivity index (χ0) is 43.4. The second-order valence-corrected chi connectivity index (χ2v) is 17.3. The minimum atomic E-state index is -0.359. The van der Waals surface area contributed by atoms with E-state index in [-0.39, 0.29) is 43.4 Å². The number of hydrogen-bond donors (Lipinski definition) is 1. The van der Waals surface area contributed by atoms with Crippen LogP contribution in [0, 0.1) is 0 Å². The van der Waals surface area contributed by atoms with Gasteiger partial charge in [0.05, 0.1) is 36.7 Å². The van der Waals surface area contributed by atoms with Gasteiger partial charge in [-0.25, -0.2) is 14.8 Å². The van der Waals surface area contributed by atoms with Crippen LogP contribution in [0.3, 0.4) is 0 Å². The lowest BCUT2D eigenvalue weighted by molar-refractivity contribution is -0.129. The summed E-state index contributed by atoms with van der Waals surface area (Å²) in [5.74, 6) is 2.19. The van der Waals surface area contributed by atoms with Crippen LogP contribution >= 0.6 is 0 Å². The number of imide groups is 1. The first-order chi connectivity index (χ1) is 30.6. The largest absolute Gasteiger partial charge is 0.497 e. The normalized spacial score (nSPS) is 17.9. The molecule has 4 aliphatic rings. The number of hydrogen-bond acceptors (Lipinski definition) is 12. The van der Waals surface area contributed by atoms with Crippen LogP contribution in [-0.2, 0) is 18.4 Å². The number of methoxy groups -OCH3 is 1. The molecule has 0 unspecified atom stereocenters. The summed E-state index contributed by atoms with van der Waals surface area (Å²) in [7, 11) is 7.10. The molecule has 0 atom stereocenters. The number of fused-ring (bicyclic) bond motifs is 2. The third-order valence-corrected chi connectivity index (χ3v) is 13.2. The van der Waals surface area contributed by atoms with Crippen molar-refractivity contribution in [3.05, 3.63) is 84.3 Å². The van der Waals surface area contributed by atoms with Crippen molar-refractivity contribution >= 4 is 68.7 Å². The Balaban J connectivity index is 0.757. The number of pyridine rings is 1. The van der Waals surface area contributed by atoms with Crippen LogP contribution in [0.25, 0.3) is 21.9 Å². The smallest absolute Gasteiger partial charge is 0.332 e. The summed E-state index contributed by atoms with van der Waals surface area (Å²) in [4.78, 5) is 66.1. The lowest BCUT2D eigenvalue weighted by atomic mass is 10.0. The summed E-state index contributed by atoms with van der Waals surface area (Å²) < 4.78 is 9.26. The van der Waals surface area contributed by atoms with Gasteiger partial charge in [-0.05, 0) is 60.9 Å². The van der Waals surface area contributed by atoms with Crippen molar-refractivity contribution in [1.82, 2.24) is 44.0 Å². The molecule has 4 fully saturated rings. The van der Waals surface area contributed by atoms with Gasteiger partial charge in [0, 0.05) is 102 Å². The fourth-order valence-corrected chi connectivity index (χ4v) is 9.69. The van der Waals surface area contributed by atoms with Gasteiger partial charge in [-0.1, -0.05) is 31.0 Å². The molecule has 3 aliphatic heterocycles. The lowest BCUT2D eigenvalue weighted by Gasteiger charge is -2.49. The molecule has 6 aromatic rings. The van der Waals surface area contributed by atoms with Gasteiger partial charge < -0.3 is 29.3 Å². The molecule has 0 spiro atoms. The first-order valence-electron chi connectivity index (χ1n) is 21.9. The van der Waals surface area contributed by atoms with Gasteiger partial charge in [0.2, 0.25) is 11.9 Å². The monoisotopic (exact) mass is 851 g/mol. The van der Waals surface area contributed by atoms with Crippen molar-refractivity contribution in [2.45, 2.75) is 50.7 Å². The van der Waals surface area contributed by atoms with Crippen LogP contribution in [0.5, 0.6) is 5.75 Å². The highest BCUT2D eigenvalue weighted by Gasteiger charge is 2.38. The summed E-state index contributed by atoms with van der Waals surface area (Å²) in [6.45, 7) is 5.99. The number of piperazine rings is 1. The number of nitrogens with one attached hydrogen (secondary N) is 1. The maximum Gasteiger partial charge on any atom is 0.332 e. The van der Waals surface area contributed by atoms with Crippen molar-refractivity contribution < 1.29 is 19.1 Å². The fraction of sp³-hybridized carbons (Fsp3) is 0.413. The Morgan fingerprint density at radius 3 is 2.38 bits per heavy atom. The number of carbonyl (C=O) groups excluding carboxylic acids is 3. The molecule has 1 saturated carbocycles. The summed E-state index contributed by atoms with van der Waals surface area (Å²) in [5.41, 5.74) is 5.43. The van der Waals surface area contributed by atoms with E-state index in [1.807, 2.05) is 66.5 Å². The Morgan fingerprint density at radius 1 is 0.889 bits per heavy atom. The van der Waals surface area contributed by atoms with Crippen LogP contribution < -0.4 is 24.8 Å². The number of para-hydroxylation sites is 1. The van der Waals surface area contributed by atoms with E-state index in [4.69, 9.17) is 19.8 Å². The summed E-state index contributed by atoms with van der Waals surface area (Å²) in [6, 6.07) is 19.9. The summed E-state index contributed by atoms with van der Waals surface area (Å²) in [6.07, 6.45) is 8.30. The van der Waals surface area contributed by atoms with Gasteiger partial charge in [0.15, 0.2) is 5.82 Å². The highest BCUT2D eigenvalue weighted by Crippen LogP contribution is 2.38. The predicted octanol–water partition coefficient (Wildman–Crippen LogP) is 5.65. The second kappa shape index (κ2) is 16.5. The summed E-state index contributed by atoms with van der Waals surface area (Å²) in [5, 5.41) is 9.91. The van der Waals surface area contributed by atoms with Gasteiger partial charge in [-0.2, -0.15) is 10.1 Å². The number of nitrogens with zero attached hydrogens (tertiary/aromatic N) is 12. The zero-order valence-electron chi connectivity index (χ0n) is 36.3. The molecule has 17 nitrogen and oxygen atoms in total. The van der Waals surface area contributed by atoms with E-state index in [0.29, 0.717) is 29.3 Å². The SMILES string of the molecule is COc1ccc(CN2C(=O)CCN(c3nn(C)c4c(N5CC(N6CCN(c7ccc(Nc8ncc9cc(C(=O)N(C)C)n(C%10CCCC%10)c9n8)nc7)CC6)C5)cccc34)C2=O)cc1. The van der Waals surface area contributed by atoms with Crippen LogP contribution in [0.1, 0.15) is 54.2 Å². The molecule has 1 N–H and O–H groups in total. The number of aryl methyl sites for hydroxylation is 1. The second-order valence-electron chi connectivity index (χ2n) is 17.3. The minimum absolute atomic E-state index is 0.0279. The number of urea groups is 1. The molecule has 10 rings (SSSR count). The summed E-state index contributed by atoms with van der Waals surface area (Å²) >= 11 is 0. The Labute approximate surface area is 365 Å². The fourth-order valence-electron chi connectivity index (χ4n) is 9.69. The van der Waals surface area contributed by atoms with Crippen LogP contribution in [0.15, 0.2) is 73.1 Å². The number of carbonyl (C=O) groups is 3. The van der Waals surface area contributed by atoms with Crippen molar-refractivity contribution in [1.29, 1.82) is 0 Å². The van der Waals surface area contributed by atoms with Crippen LogP contribution in [0.4, 0.5) is 33.8 Å². The maximum atomic E-state index is 13.8. The minimum Gasteiger partial charge on any atom is -0.497 e. The molecule has 4 aromatic heterocycles. The van der Waals surface area contributed by atoms with Gasteiger partial charge in [0.25, 0.3) is 5.91 Å². The molecular weight excluding hydrogens is 799 g/mol. The molecule has 0 radical (unpaired) electrons. The maximum absolute atomic E-state index is 13.8. The highest BCUT2D eigenvalue weighted by atomic mass is 16.5. The third-order valence-electron chi connectivity index (χ3n) is 13.2. The number of rotatable bonds is 11. The van der Waals surface area contributed by atoms with E-state index >= 15 is 0 Å². The Hall–Kier alpha value is -6.75. The van der Waals surface area contributed by atoms with Gasteiger partial charge in [-0.3, -0.25) is 29.0 Å². The predicted molar refractivity (Wildman–Crippen MR) is 242 cm³/mol. The number of amides is 4. The van der Waals surface area contributed by atoms with Gasteiger partial charge in [-0.15, -0.1) is 0 Å². The average Bonchev–Trinajstić information content (AvgIpc) is 4.03. The average molecular weight is 852 g/mol. The van der Waals surface area contributed by atoms with E-state index < -0.39 is 0 Å². The molecule has 7 heterocycles. The van der Waals surface area contributed by atoms with Crippen molar-refractivity contribution in [3.63, 3.8) is 0 Å². The topological polar surface area (TPSA) is 153 Å². The van der Waals surface area contributed by atoms with Crippen molar-refractivity contribution in [3.8, 4) is 5.75 Å². The Bertz CT molecular complexity index is 2670. The van der Waals surface area contributed by atoms with Crippen LogP contribution in [0.2, 0.25) is 0 Å². The molecule has 17 heteroatoms. The van der Waals surface area contributed by atoms with Crippen molar-refractivity contribution in [2.75, 3.05) is 87.0 Å². The first kappa shape index (κ1) is 40.3. The van der Waals surface area contributed by atoms with E-state index in [0.717, 1.165) is 110 Å². The number of anilines is 5. The van der Waals surface area contributed by atoms with E-state index in [9.17, 15) is 14.4 Å². The third kappa shape index (κ3) is 7.53. The van der Waals surface area contributed by atoms with Crippen LogP contribution in [-0.4, -0.2) is 135 Å². The molecule has 0 bridgehead atoms. The quantitative estimate of drug-likeness (QED) is 0.171. The Morgan fingerprint density at radius 2 is 1.67 bits per heavy atom. The van der Waals surface area contributed by atoms with Crippen molar-refractivity contribution in [2.24, 2.45) is 7.05 Å². The molecule has 326 valence electrons. The first-order valence-corrected chi connectivity index (χ1v) is 21.9. The molecule has 63 heavy (non-hydrogen) atoms. The van der Waals surface area contributed by atoms with E-state index in [1.54, 1.807) is 37.2 Å². The molecule has 3 saturated heterocycles. The Kier molecular flexibility index (Phi) is 10.6.